The summed E-state index contributed by atoms with van der Waals surface area (Å²) in [5.41, 5.74) is 0. The molecule has 0 atom stereocenters. The largest absolute Gasteiger partial charge is 0.138 e. The second-order valence-electron chi connectivity index (χ2n) is 6.04. The number of hydrogen-bond acceptors (Lipinski definition) is 2. The lowest BCUT2D eigenvalue weighted by Crippen LogP contribution is -2.29. The Hall–Kier alpha value is -1.47. The van der Waals surface area contributed by atoms with Gasteiger partial charge in [-0.2, -0.15) is 0 Å². The van der Waals surface area contributed by atoms with Gasteiger partial charge in [0.15, 0.2) is 0 Å². The number of rotatable bonds is 8. The zero-order valence-electron chi connectivity index (χ0n) is 15.9. The lowest BCUT2D eigenvalue weighted by Gasteiger charge is -2.25. The van der Waals surface area contributed by atoms with Gasteiger partial charge in [0, 0.05) is 0 Å². The van der Waals surface area contributed by atoms with Crippen molar-refractivity contribution in [3.05, 3.63) is 101 Å². The summed E-state index contributed by atoms with van der Waals surface area (Å²) in [6.07, 6.45) is 0. The highest BCUT2D eigenvalue weighted by Gasteiger charge is 2.44. The highest BCUT2D eigenvalue weighted by molar-refractivity contribution is 8.22. The van der Waals surface area contributed by atoms with E-state index in [1.165, 1.54) is 20.2 Å². The van der Waals surface area contributed by atoms with Gasteiger partial charge in [0.25, 0.3) is 0 Å². The van der Waals surface area contributed by atoms with Crippen molar-refractivity contribution in [3.63, 3.8) is 0 Å². The number of benzene rings is 3. The fraction of sp³-hybridized carbons (Fsp3) is 0.167. The highest BCUT2D eigenvalue weighted by atomic mass is 32.2. The van der Waals surface area contributed by atoms with Gasteiger partial charge in [0.2, 0.25) is 0 Å². The van der Waals surface area contributed by atoms with Gasteiger partial charge in [-0.15, -0.1) is 23.5 Å². The van der Waals surface area contributed by atoms with Crippen molar-refractivity contribution in [1.82, 2.24) is 0 Å². The molecule has 3 heteroatoms. The smallest absolute Gasteiger partial charge is 0.116 e. The van der Waals surface area contributed by atoms with E-state index in [4.69, 9.17) is 0 Å². The molecule has 0 aliphatic carbocycles. The first kappa shape index (κ1) is 20.3. The number of hydrogen-bond donors (Lipinski definition) is 0. The predicted octanol–water partition coefficient (Wildman–Crippen LogP) is 6.29. The monoisotopic (exact) mass is 409 g/mol. The molecule has 0 saturated heterocycles. The molecule has 0 bridgehead atoms. The fourth-order valence-corrected chi connectivity index (χ4v) is 9.96. The summed E-state index contributed by atoms with van der Waals surface area (Å²) >= 11 is 3.93. The van der Waals surface area contributed by atoms with Gasteiger partial charge in [-0.3, -0.25) is 0 Å². The minimum Gasteiger partial charge on any atom is -0.116 e. The minimum atomic E-state index is -1.87. The van der Waals surface area contributed by atoms with Gasteiger partial charge in [0.05, 0.1) is 10.1 Å². The fourth-order valence-electron chi connectivity index (χ4n) is 3.22. The SMILES string of the molecule is CCSC(=C[P+](c1ccccc1)(c1ccccc1)c1ccccc1)SCC. The van der Waals surface area contributed by atoms with Crippen LogP contribution >= 0.6 is 30.8 Å². The molecule has 3 aromatic carbocycles. The van der Waals surface area contributed by atoms with Crippen molar-refractivity contribution >= 4 is 46.7 Å². The topological polar surface area (TPSA) is 0 Å². The molecule has 0 aromatic heterocycles. The van der Waals surface area contributed by atoms with Crippen LogP contribution in [-0.2, 0) is 0 Å². The average Bonchev–Trinajstić information content (AvgIpc) is 2.74. The summed E-state index contributed by atoms with van der Waals surface area (Å²) in [4.78, 5) is 0. The van der Waals surface area contributed by atoms with Crippen LogP contribution in [0.5, 0.6) is 0 Å². The normalized spacial score (nSPS) is 11.2. The standard InChI is InChI=1S/C24H26PS2/c1-3-26-24(27-4-2)20-25(21-14-8-5-9-15-21,22-16-10-6-11-17-22)23-18-12-7-13-19-23/h5-20H,3-4H2,1-2H3/q+1. The first-order valence-corrected chi connectivity index (χ1v) is 13.2. The van der Waals surface area contributed by atoms with Crippen LogP contribution in [0.4, 0.5) is 0 Å². The Labute approximate surface area is 172 Å². The molecule has 0 spiro atoms. The minimum absolute atomic E-state index is 1.09. The van der Waals surface area contributed by atoms with Crippen molar-refractivity contribution in [2.24, 2.45) is 0 Å². The van der Waals surface area contributed by atoms with Crippen molar-refractivity contribution in [2.75, 3.05) is 11.5 Å². The van der Waals surface area contributed by atoms with Crippen LogP contribution in [0.15, 0.2) is 101 Å². The van der Waals surface area contributed by atoms with Crippen LogP contribution in [0.25, 0.3) is 0 Å². The number of thioether (sulfide) groups is 2. The summed E-state index contributed by atoms with van der Waals surface area (Å²) in [6, 6.07) is 33.2. The van der Waals surface area contributed by atoms with Crippen molar-refractivity contribution < 1.29 is 0 Å². The van der Waals surface area contributed by atoms with Gasteiger partial charge >= 0.3 is 0 Å². The maximum absolute atomic E-state index is 2.59. The Morgan fingerprint density at radius 1 is 0.630 bits per heavy atom. The molecule has 3 rings (SSSR count). The van der Waals surface area contributed by atoms with Crippen LogP contribution in [0.1, 0.15) is 13.8 Å². The maximum atomic E-state index is 2.59. The Morgan fingerprint density at radius 2 is 0.963 bits per heavy atom. The lowest BCUT2D eigenvalue weighted by molar-refractivity contribution is 1.53. The molecule has 0 radical (unpaired) electrons. The van der Waals surface area contributed by atoms with E-state index in [0.717, 1.165) is 11.5 Å². The van der Waals surface area contributed by atoms with E-state index >= 15 is 0 Å². The van der Waals surface area contributed by atoms with Gasteiger partial charge < -0.3 is 0 Å². The Bertz CT molecular complexity index is 741. The highest BCUT2D eigenvalue weighted by Crippen LogP contribution is 2.59. The van der Waals surface area contributed by atoms with Gasteiger partial charge in [-0.1, -0.05) is 68.4 Å². The Morgan fingerprint density at radius 3 is 1.26 bits per heavy atom. The second kappa shape index (κ2) is 10.2. The molecule has 0 aliphatic heterocycles. The molecule has 27 heavy (non-hydrogen) atoms. The maximum Gasteiger partial charge on any atom is 0.138 e. The average molecular weight is 410 g/mol. The Kier molecular flexibility index (Phi) is 7.64. The van der Waals surface area contributed by atoms with E-state index in [1.54, 1.807) is 0 Å². The van der Waals surface area contributed by atoms with E-state index in [0.29, 0.717) is 0 Å². The summed E-state index contributed by atoms with van der Waals surface area (Å²) in [7, 11) is -1.87. The van der Waals surface area contributed by atoms with Crippen LogP contribution < -0.4 is 15.9 Å². The first-order valence-electron chi connectivity index (χ1n) is 9.35. The molecule has 0 saturated carbocycles. The molecule has 0 fully saturated rings. The third-order valence-corrected chi connectivity index (χ3v) is 10.8. The summed E-state index contributed by atoms with van der Waals surface area (Å²) in [5.74, 6) is 4.78. The van der Waals surface area contributed by atoms with Crippen molar-refractivity contribution in [3.8, 4) is 0 Å². The zero-order chi connectivity index (χ0) is 19.0. The van der Waals surface area contributed by atoms with E-state index < -0.39 is 7.26 Å². The molecule has 0 aliphatic rings. The second-order valence-corrected chi connectivity index (χ2v) is 12.2. The third kappa shape index (κ3) is 4.69. The molecular weight excluding hydrogens is 383 g/mol. The third-order valence-electron chi connectivity index (χ3n) is 4.36. The molecule has 3 aromatic rings. The van der Waals surface area contributed by atoms with E-state index in [2.05, 4.69) is 111 Å². The van der Waals surface area contributed by atoms with Gasteiger partial charge in [-0.05, 0) is 47.9 Å². The summed E-state index contributed by atoms with van der Waals surface area (Å²) in [6.45, 7) is 4.48. The van der Waals surface area contributed by atoms with Crippen LogP contribution in [-0.4, -0.2) is 11.5 Å². The van der Waals surface area contributed by atoms with Crippen molar-refractivity contribution in [1.29, 1.82) is 0 Å². The quantitative estimate of drug-likeness (QED) is 0.401. The first-order chi connectivity index (χ1) is 13.3. The molecular formula is C24H26PS2+. The molecule has 0 N–H and O–H groups in total. The van der Waals surface area contributed by atoms with E-state index in [-0.39, 0.29) is 0 Å². The molecule has 0 heterocycles. The van der Waals surface area contributed by atoms with E-state index in [1.807, 2.05) is 23.5 Å². The lowest BCUT2D eigenvalue weighted by atomic mass is 10.4. The molecule has 0 nitrogen and oxygen atoms in total. The summed E-state index contributed by atoms with van der Waals surface area (Å²) < 4.78 is 1.44. The Balaban J connectivity index is 2.34. The molecule has 0 unspecified atom stereocenters. The molecule has 0 amide bonds. The van der Waals surface area contributed by atoms with Crippen LogP contribution in [0, 0.1) is 0 Å². The summed E-state index contributed by atoms with van der Waals surface area (Å²) in [5, 5.41) is 4.23. The van der Waals surface area contributed by atoms with Gasteiger partial charge in [0.1, 0.15) is 23.2 Å². The van der Waals surface area contributed by atoms with Crippen LogP contribution in [0.3, 0.4) is 0 Å². The van der Waals surface area contributed by atoms with Crippen LogP contribution in [0.2, 0.25) is 0 Å². The van der Waals surface area contributed by atoms with Crippen molar-refractivity contribution in [2.45, 2.75) is 13.8 Å². The van der Waals surface area contributed by atoms with Gasteiger partial charge in [-0.25, -0.2) is 0 Å². The van der Waals surface area contributed by atoms with E-state index in [9.17, 15) is 0 Å². The zero-order valence-corrected chi connectivity index (χ0v) is 18.4. The predicted molar refractivity (Wildman–Crippen MR) is 129 cm³/mol. The molecule has 138 valence electrons.